The van der Waals surface area contributed by atoms with E-state index in [4.69, 9.17) is 11.6 Å². The molecule has 0 aromatic carbocycles. The van der Waals surface area contributed by atoms with Crippen molar-refractivity contribution in [2.75, 3.05) is 6.54 Å². The lowest BCUT2D eigenvalue weighted by Crippen LogP contribution is -2.32. The predicted octanol–water partition coefficient (Wildman–Crippen LogP) is 3.57. The first-order chi connectivity index (χ1) is 9.86. The van der Waals surface area contributed by atoms with Crippen molar-refractivity contribution in [1.82, 2.24) is 4.72 Å². The molecule has 0 bridgehead atoms. The summed E-state index contributed by atoms with van der Waals surface area (Å²) < 4.78 is 26.9. The predicted molar refractivity (Wildman–Crippen MR) is 88.4 cm³/mol. The van der Waals surface area contributed by atoms with Crippen LogP contribution < -0.4 is 4.72 Å². The summed E-state index contributed by atoms with van der Waals surface area (Å²) in [7, 11) is -3.60. The zero-order chi connectivity index (χ0) is 15.9. The zero-order valence-corrected chi connectivity index (χ0v) is 14.7. The molecule has 0 saturated heterocycles. The second-order valence-corrected chi connectivity index (χ2v) is 8.58. The first kappa shape index (κ1) is 18.6. The van der Waals surface area contributed by atoms with Gasteiger partial charge in [0.1, 0.15) is 4.21 Å². The second-order valence-electron chi connectivity index (χ2n) is 4.87. The van der Waals surface area contributed by atoms with Crippen molar-refractivity contribution in [3.05, 3.63) is 28.1 Å². The highest BCUT2D eigenvalue weighted by molar-refractivity contribution is 7.91. The molecule has 0 amide bonds. The fraction of sp³-hybridized carbons (Fsp3) is 0.571. The number of halogens is 1. The van der Waals surface area contributed by atoms with Crippen molar-refractivity contribution in [2.24, 2.45) is 0 Å². The fourth-order valence-corrected chi connectivity index (χ4v) is 4.29. The maximum atomic E-state index is 12.0. The number of aliphatic hydroxyl groups excluding tert-OH is 1. The van der Waals surface area contributed by atoms with E-state index in [2.05, 4.69) is 11.6 Å². The van der Waals surface area contributed by atoms with Gasteiger partial charge in [-0.1, -0.05) is 37.4 Å². The van der Waals surface area contributed by atoms with E-state index in [9.17, 15) is 13.5 Å². The molecule has 2 N–H and O–H groups in total. The molecule has 1 aromatic rings. The summed E-state index contributed by atoms with van der Waals surface area (Å²) in [6.45, 7) is 3.91. The van der Waals surface area contributed by atoms with E-state index in [0.29, 0.717) is 4.34 Å². The molecular formula is C14H22ClNO3S2. The molecule has 1 aromatic heterocycles. The Kier molecular flexibility index (Phi) is 7.90. The van der Waals surface area contributed by atoms with Crippen molar-refractivity contribution >= 4 is 33.0 Å². The minimum Gasteiger partial charge on any atom is -0.387 e. The van der Waals surface area contributed by atoms with Gasteiger partial charge in [0.15, 0.2) is 0 Å². The standard InChI is InChI=1S/C14H22ClNO3S2/c1-3-4-5-6-7-11(2)12(17)10-16-21(18,19)14-9-8-13(15)20-14/h7-9,12,16-17H,3-6,10H2,1-2H3/b11-7+/t12-/m0/s1. The third-order valence-corrected chi connectivity index (χ3v) is 6.23. The van der Waals surface area contributed by atoms with Crippen molar-refractivity contribution in [2.45, 2.75) is 49.8 Å². The summed E-state index contributed by atoms with van der Waals surface area (Å²) in [4.78, 5) is 0. The molecule has 0 aliphatic carbocycles. The average Bonchev–Trinajstić information content (AvgIpc) is 2.88. The SMILES string of the molecule is CCCCC/C=C(\C)[C@@H](O)CNS(=O)(=O)c1ccc(Cl)s1. The summed E-state index contributed by atoms with van der Waals surface area (Å²) in [6, 6.07) is 2.99. The van der Waals surface area contributed by atoms with Gasteiger partial charge in [0.25, 0.3) is 0 Å². The molecule has 4 nitrogen and oxygen atoms in total. The first-order valence-corrected chi connectivity index (χ1v) is 9.64. The molecule has 0 fully saturated rings. The lowest BCUT2D eigenvalue weighted by atomic mass is 10.1. The Labute approximate surface area is 135 Å². The number of allylic oxidation sites excluding steroid dienone is 1. The van der Waals surface area contributed by atoms with Crippen LogP contribution in [0.25, 0.3) is 0 Å². The molecule has 1 heterocycles. The van der Waals surface area contributed by atoms with Crippen LogP contribution in [0.15, 0.2) is 28.0 Å². The molecule has 0 unspecified atom stereocenters. The topological polar surface area (TPSA) is 66.4 Å². The van der Waals surface area contributed by atoms with Gasteiger partial charge in [-0.05, 0) is 37.5 Å². The van der Waals surface area contributed by atoms with Gasteiger partial charge in [0.05, 0.1) is 10.4 Å². The Bertz CT molecular complexity index is 567. The zero-order valence-electron chi connectivity index (χ0n) is 12.3. The van der Waals surface area contributed by atoms with Gasteiger partial charge < -0.3 is 5.11 Å². The van der Waals surface area contributed by atoms with Crippen LogP contribution in [0.2, 0.25) is 4.34 Å². The Morgan fingerprint density at radius 3 is 2.76 bits per heavy atom. The van der Waals surface area contributed by atoms with Gasteiger partial charge in [-0.25, -0.2) is 13.1 Å². The molecule has 1 atom stereocenters. The maximum absolute atomic E-state index is 12.0. The van der Waals surface area contributed by atoms with Crippen molar-refractivity contribution < 1.29 is 13.5 Å². The quantitative estimate of drug-likeness (QED) is 0.528. The van der Waals surface area contributed by atoms with Crippen molar-refractivity contribution in [1.29, 1.82) is 0 Å². The molecule has 7 heteroatoms. The Balaban J connectivity index is 2.50. The summed E-state index contributed by atoms with van der Waals surface area (Å²) in [5.41, 5.74) is 0.790. The number of unbranched alkanes of at least 4 members (excludes halogenated alkanes) is 3. The molecule has 0 aliphatic rings. The third-order valence-electron chi connectivity index (χ3n) is 3.08. The summed E-state index contributed by atoms with van der Waals surface area (Å²) >= 11 is 6.72. The summed E-state index contributed by atoms with van der Waals surface area (Å²) in [5, 5.41) is 9.97. The maximum Gasteiger partial charge on any atom is 0.250 e. The first-order valence-electron chi connectivity index (χ1n) is 6.96. The molecule has 0 aliphatic heterocycles. The number of hydrogen-bond acceptors (Lipinski definition) is 4. The minimum atomic E-state index is -3.60. The minimum absolute atomic E-state index is 0.0338. The molecule has 120 valence electrons. The smallest absolute Gasteiger partial charge is 0.250 e. The molecule has 0 radical (unpaired) electrons. The fourth-order valence-electron chi connectivity index (χ4n) is 1.72. The van der Waals surface area contributed by atoms with Gasteiger partial charge in [0, 0.05) is 6.54 Å². The largest absolute Gasteiger partial charge is 0.387 e. The molecule has 1 rings (SSSR count). The van der Waals surface area contributed by atoms with Crippen LogP contribution in [-0.2, 0) is 10.0 Å². The molecular weight excluding hydrogens is 330 g/mol. The van der Waals surface area contributed by atoms with Crippen LogP contribution in [0, 0.1) is 0 Å². The highest BCUT2D eigenvalue weighted by Gasteiger charge is 2.18. The van der Waals surface area contributed by atoms with E-state index in [0.717, 1.165) is 42.6 Å². The van der Waals surface area contributed by atoms with E-state index in [1.807, 2.05) is 13.0 Å². The normalized spacial score (nSPS) is 14.4. The van der Waals surface area contributed by atoms with Crippen LogP contribution in [0.1, 0.15) is 39.5 Å². The highest BCUT2D eigenvalue weighted by Crippen LogP contribution is 2.25. The van der Waals surface area contributed by atoms with E-state index in [1.54, 1.807) is 0 Å². The highest BCUT2D eigenvalue weighted by atomic mass is 35.5. The Morgan fingerprint density at radius 1 is 1.48 bits per heavy atom. The summed E-state index contributed by atoms with van der Waals surface area (Å²) in [5.74, 6) is 0. The summed E-state index contributed by atoms with van der Waals surface area (Å²) in [6.07, 6.45) is 5.46. The van der Waals surface area contributed by atoms with E-state index < -0.39 is 16.1 Å². The van der Waals surface area contributed by atoms with Crippen molar-refractivity contribution in [3.63, 3.8) is 0 Å². The lowest BCUT2D eigenvalue weighted by Gasteiger charge is -2.12. The molecule has 0 saturated carbocycles. The van der Waals surface area contributed by atoms with Gasteiger partial charge in [-0.3, -0.25) is 0 Å². The van der Waals surface area contributed by atoms with Gasteiger partial charge in [0.2, 0.25) is 10.0 Å². The van der Waals surface area contributed by atoms with Crippen molar-refractivity contribution in [3.8, 4) is 0 Å². The van der Waals surface area contributed by atoms with Crippen LogP contribution in [-0.4, -0.2) is 26.2 Å². The molecule has 21 heavy (non-hydrogen) atoms. The molecule has 0 spiro atoms. The van der Waals surface area contributed by atoms with Gasteiger partial charge in [-0.2, -0.15) is 0 Å². The number of aliphatic hydroxyl groups is 1. The number of sulfonamides is 1. The van der Waals surface area contributed by atoms with Gasteiger partial charge >= 0.3 is 0 Å². The van der Waals surface area contributed by atoms with Crippen LogP contribution in [0.4, 0.5) is 0 Å². The van der Waals surface area contributed by atoms with Gasteiger partial charge in [-0.15, -0.1) is 11.3 Å². The Hall–Kier alpha value is -0.400. The Morgan fingerprint density at radius 2 is 2.19 bits per heavy atom. The average molecular weight is 352 g/mol. The number of hydrogen-bond donors (Lipinski definition) is 2. The number of nitrogens with one attached hydrogen (secondary N) is 1. The van der Waals surface area contributed by atoms with E-state index in [1.165, 1.54) is 12.1 Å². The lowest BCUT2D eigenvalue weighted by molar-refractivity contribution is 0.214. The second kappa shape index (κ2) is 8.90. The third kappa shape index (κ3) is 6.48. The van der Waals surface area contributed by atoms with Crippen LogP contribution >= 0.6 is 22.9 Å². The van der Waals surface area contributed by atoms with Crippen LogP contribution in [0.3, 0.4) is 0 Å². The van der Waals surface area contributed by atoms with E-state index in [-0.39, 0.29) is 10.8 Å². The number of rotatable bonds is 9. The van der Waals surface area contributed by atoms with Crippen LogP contribution in [0.5, 0.6) is 0 Å². The van der Waals surface area contributed by atoms with E-state index >= 15 is 0 Å². The number of thiophene rings is 1. The monoisotopic (exact) mass is 351 g/mol.